The van der Waals surface area contributed by atoms with Crippen LogP contribution in [0.5, 0.6) is 0 Å². The van der Waals surface area contributed by atoms with Gasteiger partial charge in [0.25, 0.3) is 0 Å². The lowest BCUT2D eigenvalue weighted by Gasteiger charge is -2.24. The Hall–Kier alpha value is -1.31. The Morgan fingerprint density at radius 1 is 1.04 bits per heavy atom. The molecule has 0 saturated heterocycles. The molecule has 0 aromatic heterocycles. The smallest absolute Gasteiger partial charge is 0.223 e. The second-order valence-corrected chi connectivity index (χ2v) is 7.13. The molecule has 1 aliphatic carbocycles. The van der Waals surface area contributed by atoms with Crippen LogP contribution in [0.15, 0.2) is 29.3 Å². The van der Waals surface area contributed by atoms with Crippen LogP contribution in [0.3, 0.4) is 0 Å². The van der Waals surface area contributed by atoms with Crippen LogP contribution in [0.1, 0.15) is 56.6 Å². The van der Waals surface area contributed by atoms with Gasteiger partial charge >= 0.3 is 0 Å². The quantitative estimate of drug-likeness (QED) is 0.204. The van der Waals surface area contributed by atoms with E-state index in [1.165, 1.54) is 17.5 Å². The number of aliphatic imine (C=N–C) groups is 1. The van der Waals surface area contributed by atoms with Gasteiger partial charge in [-0.3, -0.25) is 4.79 Å². The van der Waals surface area contributed by atoms with Crippen molar-refractivity contribution in [1.82, 2.24) is 16.0 Å². The van der Waals surface area contributed by atoms with Crippen molar-refractivity contribution in [1.29, 1.82) is 0 Å². The van der Waals surface area contributed by atoms with Gasteiger partial charge in [0, 0.05) is 25.6 Å². The van der Waals surface area contributed by atoms with Crippen molar-refractivity contribution in [3.05, 3.63) is 35.4 Å². The monoisotopic (exact) mass is 486 g/mol. The zero-order chi connectivity index (χ0) is 18.6. The fourth-order valence-corrected chi connectivity index (χ4v) is 2.74. The van der Waals surface area contributed by atoms with Gasteiger partial charge in [-0.1, -0.05) is 49.6 Å². The minimum atomic E-state index is 0. The molecule has 5 nitrogen and oxygen atoms in total. The van der Waals surface area contributed by atoms with Gasteiger partial charge in [-0.15, -0.1) is 24.0 Å². The number of rotatable bonds is 10. The number of hydrogen-bond donors (Lipinski definition) is 3. The van der Waals surface area contributed by atoms with Gasteiger partial charge in [0.05, 0.1) is 6.54 Å². The number of carbonyl (C=O) groups excluding carboxylic acids is 1. The number of halogens is 1. The van der Waals surface area contributed by atoms with Gasteiger partial charge in [-0.05, 0) is 38.2 Å². The highest BCUT2D eigenvalue weighted by Gasteiger charge is 2.24. The predicted molar refractivity (Wildman–Crippen MR) is 124 cm³/mol. The first-order valence-corrected chi connectivity index (χ1v) is 10.0. The van der Waals surface area contributed by atoms with E-state index >= 15 is 0 Å². The number of nitrogens with zero attached hydrogens (tertiary/aromatic N) is 1. The van der Waals surface area contributed by atoms with Crippen molar-refractivity contribution in [2.24, 2.45) is 10.9 Å². The Kier molecular flexibility index (Phi) is 12.1. The molecule has 0 heterocycles. The zero-order valence-electron chi connectivity index (χ0n) is 16.7. The van der Waals surface area contributed by atoms with E-state index in [1.807, 2.05) is 0 Å². The van der Waals surface area contributed by atoms with E-state index in [2.05, 4.69) is 59.1 Å². The van der Waals surface area contributed by atoms with Gasteiger partial charge in [-0.25, -0.2) is 4.99 Å². The van der Waals surface area contributed by atoms with Crippen molar-refractivity contribution in [2.75, 3.05) is 19.6 Å². The zero-order valence-corrected chi connectivity index (χ0v) is 19.1. The number of nitrogens with one attached hydrogen (secondary N) is 3. The second kappa shape index (κ2) is 13.8. The molecule has 1 fully saturated rings. The van der Waals surface area contributed by atoms with Crippen LogP contribution in [0, 0.1) is 12.8 Å². The number of carbonyl (C=O) groups is 1. The van der Waals surface area contributed by atoms with Crippen LogP contribution in [0.25, 0.3) is 0 Å². The average Bonchev–Trinajstić information content (AvgIpc) is 2.58. The first-order valence-electron chi connectivity index (χ1n) is 10.0. The first-order chi connectivity index (χ1) is 12.7. The van der Waals surface area contributed by atoms with E-state index in [-0.39, 0.29) is 35.8 Å². The van der Waals surface area contributed by atoms with E-state index in [9.17, 15) is 4.79 Å². The maximum atomic E-state index is 11.8. The number of guanidine groups is 1. The number of unbranched alkanes of at least 4 members (excludes halogenated alkanes) is 1. The highest BCUT2D eigenvalue weighted by molar-refractivity contribution is 14.0. The molecule has 1 saturated carbocycles. The predicted octanol–water partition coefficient (Wildman–Crippen LogP) is 3.75. The molecule has 1 aromatic carbocycles. The summed E-state index contributed by atoms with van der Waals surface area (Å²) in [5.41, 5.74) is 2.47. The molecule has 0 atom stereocenters. The average molecular weight is 486 g/mol. The van der Waals surface area contributed by atoms with E-state index in [0.29, 0.717) is 6.54 Å². The maximum absolute atomic E-state index is 11.8. The van der Waals surface area contributed by atoms with Crippen molar-refractivity contribution in [2.45, 2.75) is 58.9 Å². The van der Waals surface area contributed by atoms with Gasteiger partial charge in [0.2, 0.25) is 5.91 Å². The Balaban J connectivity index is 0.00000364. The first kappa shape index (κ1) is 23.7. The second-order valence-electron chi connectivity index (χ2n) is 7.13. The van der Waals surface area contributed by atoms with Gasteiger partial charge in [-0.2, -0.15) is 0 Å². The third-order valence-electron chi connectivity index (χ3n) is 4.78. The third kappa shape index (κ3) is 9.44. The van der Waals surface area contributed by atoms with Crippen LogP contribution >= 0.6 is 24.0 Å². The largest absolute Gasteiger partial charge is 0.356 e. The minimum Gasteiger partial charge on any atom is -0.356 e. The highest BCUT2D eigenvalue weighted by Crippen LogP contribution is 2.25. The molecule has 27 heavy (non-hydrogen) atoms. The molecule has 0 bridgehead atoms. The summed E-state index contributed by atoms with van der Waals surface area (Å²) in [7, 11) is 0. The maximum Gasteiger partial charge on any atom is 0.223 e. The van der Waals surface area contributed by atoms with Crippen LogP contribution in [-0.4, -0.2) is 31.5 Å². The summed E-state index contributed by atoms with van der Waals surface area (Å²) in [5.74, 6) is 1.35. The summed E-state index contributed by atoms with van der Waals surface area (Å²) in [6.45, 7) is 7.40. The van der Waals surface area contributed by atoms with E-state index in [4.69, 9.17) is 0 Å². The standard InChI is InChI=1S/C21H34N4O.HI/c1-3-4-13-23-21(25-16-18-11-9-17(2)10-12-18)24-15-6-14-22-20(26)19-7-5-8-19;/h9-12,19H,3-8,13-16H2,1-2H3,(H,22,26)(H2,23,24,25);1H. The van der Waals surface area contributed by atoms with Crippen LogP contribution in [0.2, 0.25) is 0 Å². The minimum absolute atomic E-state index is 0. The Morgan fingerprint density at radius 3 is 2.26 bits per heavy atom. The number of hydrogen-bond acceptors (Lipinski definition) is 2. The SMILES string of the molecule is CCCCNC(=NCc1ccc(C)cc1)NCCCNC(=O)C1CCC1.I. The normalized spacial score (nSPS) is 14.1. The molecule has 0 unspecified atom stereocenters. The number of amides is 1. The summed E-state index contributed by atoms with van der Waals surface area (Å²) in [6, 6.07) is 8.48. The molecular formula is C21H35IN4O. The third-order valence-corrected chi connectivity index (χ3v) is 4.78. The van der Waals surface area contributed by atoms with Crippen molar-refractivity contribution >= 4 is 35.8 Å². The molecule has 2 rings (SSSR count). The van der Waals surface area contributed by atoms with Crippen molar-refractivity contribution in [3.63, 3.8) is 0 Å². The molecule has 0 aliphatic heterocycles. The topological polar surface area (TPSA) is 65.5 Å². The molecule has 3 N–H and O–H groups in total. The van der Waals surface area contributed by atoms with Gasteiger partial charge in [0.15, 0.2) is 5.96 Å². The summed E-state index contributed by atoms with van der Waals surface area (Å²) in [5, 5.41) is 9.80. The molecule has 0 radical (unpaired) electrons. The van der Waals surface area contributed by atoms with Crippen molar-refractivity contribution < 1.29 is 4.79 Å². The number of benzene rings is 1. The molecule has 152 valence electrons. The van der Waals surface area contributed by atoms with Crippen LogP contribution in [0.4, 0.5) is 0 Å². The van der Waals surface area contributed by atoms with Crippen LogP contribution < -0.4 is 16.0 Å². The van der Waals surface area contributed by atoms with Gasteiger partial charge < -0.3 is 16.0 Å². The Labute approximate surface area is 181 Å². The summed E-state index contributed by atoms with van der Waals surface area (Å²) in [4.78, 5) is 16.5. The molecule has 1 aliphatic rings. The lowest BCUT2D eigenvalue weighted by atomic mass is 9.85. The summed E-state index contributed by atoms with van der Waals surface area (Å²) >= 11 is 0. The van der Waals surface area contributed by atoms with E-state index in [0.717, 1.165) is 57.7 Å². The molecule has 0 spiro atoms. The van der Waals surface area contributed by atoms with Crippen molar-refractivity contribution in [3.8, 4) is 0 Å². The Bertz CT molecular complexity index is 570. The molecule has 1 amide bonds. The molecule has 6 heteroatoms. The molecule has 1 aromatic rings. The van der Waals surface area contributed by atoms with Crippen LogP contribution in [-0.2, 0) is 11.3 Å². The summed E-state index contributed by atoms with van der Waals surface area (Å²) < 4.78 is 0. The van der Waals surface area contributed by atoms with Gasteiger partial charge in [0.1, 0.15) is 0 Å². The summed E-state index contributed by atoms with van der Waals surface area (Å²) in [6.07, 6.45) is 6.50. The fraction of sp³-hybridized carbons (Fsp3) is 0.619. The highest BCUT2D eigenvalue weighted by atomic mass is 127. The lowest BCUT2D eigenvalue weighted by Crippen LogP contribution is -2.40. The van der Waals surface area contributed by atoms with E-state index in [1.54, 1.807) is 0 Å². The fourth-order valence-electron chi connectivity index (χ4n) is 2.74. The van der Waals surface area contributed by atoms with E-state index < -0.39 is 0 Å². The molecular weight excluding hydrogens is 451 g/mol. The lowest BCUT2D eigenvalue weighted by molar-refractivity contribution is -0.127. The number of aryl methyl sites for hydroxylation is 1. The Morgan fingerprint density at radius 2 is 1.67 bits per heavy atom.